The SMILES string of the molecule is CCNC(c1ccsc1)c1cccnc1OC. The van der Waals surface area contributed by atoms with Crippen LogP contribution >= 0.6 is 11.3 Å². The van der Waals surface area contributed by atoms with Crippen LogP contribution in [0.15, 0.2) is 35.2 Å². The van der Waals surface area contributed by atoms with Gasteiger partial charge in [0.1, 0.15) is 0 Å². The molecule has 0 aliphatic carbocycles. The molecule has 2 heterocycles. The Labute approximate surface area is 105 Å². The third kappa shape index (κ3) is 2.65. The van der Waals surface area contributed by atoms with Crippen molar-refractivity contribution in [2.45, 2.75) is 13.0 Å². The molecule has 0 spiro atoms. The average molecular weight is 248 g/mol. The molecule has 0 saturated carbocycles. The summed E-state index contributed by atoms with van der Waals surface area (Å²) in [4.78, 5) is 4.25. The van der Waals surface area contributed by atoms with E-state index in [0.29, 0.717) is 5.88 Å². The number of methoxy groups -OCH3 is 1. The van der Waals surface area contributed by atoms with Crippen LogP contribution in [0.4, 0.5) is 0 Å². The lowest BCUT2D eigenvalue weighted by Gasteiger charge is -2.19. The number of pyridine rings is 1. The van der Waals surface area contributed by atoms with Crippen molar-refractivity contribution in [2.75, 3.05) is 13.7 Å². The molecule has 3 nitrogen and oxygen atoms in total. The fraction of sp³-hybridized carbons (Fsp3) is 0.308. The minimum atomic E-state index is 0.148. The third-order valence-corrected chi connectivity index (χ3v) is 3.29. The van der Waals surface area contributed by atoms with Crippen LogP contribution in [-0.4, -0.2) is 18.6 Å². The summed E-state index contributed by atoms with van der Waals surface area (Å²) in [6.07, 6.45) is 1.75. The summed E-state index contributed by atoms with van der Waals surface area (Å²) in [6, 6.07) is 6.27. The van der Waals surface area contributed by atoms with Crippen LogP contribution < -0.4 is 10.1 Å². The van der Waals surface area contributed by atoms with Gasteiger partial charge >= 0.3 is 0 Å². The van der Waals surface area contributed by atoms with Gasteiger partial charge in [-0.3, -0.25) is 0 Å². The van der Waals surface area contributed by atoms with E-state index in [-0.39, 0.29) is 6.04 Å². The van der Waals surface area contributed by atoms with Gasteiger partial charge in [-0.2, -0.15) is 11.3 Å². The summed E-state index contributed by atoms with van der Waals surface area (Å²) < 4.78 is 5.32. The van der Waals surface area contributed by atoms with E-state index in [1.807, 2.05) is 6.07 Å². The van der Waals surface area contributed by atoms with Crippen molar-refractivity contribution in [3.8, 4) is 5.88 Å². The highest BCUT2D eigenvalue weighted by atomic mass is 32.1. The predicted molar refractivity (Wildman–Crippen MR) is 70.6 cm³/mol. The van der Waals surface area contributed by atoms with Gasteiger partial charge < -0.3 is 10.1 Å². The van der Waals surface area contributed by atoms with E-state index in [9.17, 15) is 0 Å². The van der Waals surface area contributed by atoms with E-state index in [1.54, 1.807) is 24.6 Å². The highest BCUT2D eigenvalue weighted by Gasteiger charge is 2.17. The Kier molecular flexibility index (Phi) is 4.12. The molecule has 0 radical (unpaired) electrons. The van der Waals surface area contributed by atoms with Crippen LogP contribution in [0.25, 0.3) is 0 Å². The van der Waals surface area contributed by atoms with Gasteiger partial charge in [0.25, 0.3) is 0 Å². The summed E-state index contributed by atoms with van der Waals surface area (Å²) in [5, 5.41) is 7.70. The van der Waals surface area contributed by atoms with E-state index in [4.69, 9.17) is 4.74 Å². The lowest BCUT2D eigenvalue weighted by molar-refractivity contribution is 0.387. The van der Waals surface area contributed by atoms with Gasteiger partial charge in [0.05, 0.1) is 13.2 Å². The molecule has 1 atom stereocenters. The van der Waals surface area contributed by atoms with Gasteiger partial charge in [0.2, 0.25) is 5.88 Å². The van der Waals surface area contributed by atoms with Crippen molar-refractivity contribution in [3.05, 3.63) is 46.3 Å². The standard InChI is InChI=1S/C13H16N2OS/c1-3-14-12(10-6-8-17-9-10)11-5-4-7-15-13(11)16-2/h4-9,12,14H,3H2,1-2H3. The first kappa shape index (κ1) is 12.1. The van der Waals surface area contributed by atoms with Gasteiger partial charge in [-0.1, -0.05) is 13.0 Å². The summed E-state index contributed by atoms with van der Waals surface area (Å²) >= 11 is 1.70. The Hall–Kier alpha value is -1.39. The maximum absolute atomic E-state index is 5.32. The molecule has 2 aromatic rings. The minimum Gasteiger partial charge on any atom is -0.481 e. The molecule has 17 heavy (non-hydrogen) atoms. The molecule has 4 heteroatoms. The van der Waals surface area contributed by atoms with Gasteiger partial charge in [-0.05, 0) is 35.0 Å². The molecule has 1 N–H and O–H groups in total. The lowest BCUT2D eigenvalue weighted by atomic mass is 10.0. The molecule has 0 amide bonds. The minimum absolute atomic E-state index is 0.148. The Morgan fingerprint density at radius 3 is 3.00 bits per heavy atom. The second kappa shape index (κ2) is 5.80. The van der Waals surface area contributed by atoms with E-state index >= 15 is 0 Å². The number of thiophene rings is 1. The Morgan fingerprint density at radius 2 is 2.35 bits per heavy atom. The van der Waals surface area contributed by atoms with Crippen LogP contribution in [0.5, 0.6) is 5.88 Å². The van der Waals surface area contributed by atoms with Gasteiger partial charge in [0, 0.05) is 11.8 Å². The van der Waals surface area contributed by atoms with Crippen molar-refractivity contribution >= 4 is 11.3 Å². The molecule has 0 aromatic carbocycles. The summed E-state index contributed by atoms with van der Waals surface area (Å²) in [6.45, 7) is 3.00. The zero-order valence-corrected chi connectivity index (χ0v) is 10.8. The number of hydrogen-bond acceptors (Lipinski definition) is 4. The number of nitrogens with one attached hydrogen (secondary N) is 1. The van der Waals surface area contributed by atoms with Gasteiger partial charge in [-0.25, -0.2) is 4.98 Å². The number of nitrogens with zero attached hydrogens (tertiary/aromatic N) is 1. The number of rotatable bonds is 5. The number of aromatic nitrogens is 1. The summed E-state index contributed by atoms with van der Waals surface area (Å²) in [7, 11) is 1.66. The van der Waals surface area contributed by atoms with E-state index < -0.39 is 0 Å². The van der Waals surface area contributed by atoms with Crippen LogP contribution in [0.2, 0.25) is 0 Å². The number of ether oxygens (including phenoxy) is 1. The molecule has 0 bridgehead atoms. The molecule has 90 valence electrons. The summed E-state index contributed by atoms with van der Waals surface area (Å²) in [5.41, 5.74) is 2.33. The van der Waals surface area contributed by atoms with Crippen LogP contribution in [0.1, 0.15) is 24.1 Å². The highest BCUT2D eigenvalue weighted by Crippen LogP contribution is 2.29. The molecular formula is C13H16N2OS. The first-order chi connectivity index (χ1) is 8.36. The Morgan fingerprint density at radius 1 is 1.47 bits per heavy atom. The van der Waals surface area contributed by atoms with Crippen LogP contribution in [0, 0.1) is 0 Å². The molecule has 0 aliphatic heterocycles. The maximum Gasteiger partial charge on any atom is 0.218 e. The quantitative estimate of drug-likeness (QED) is 0.883. The zero-order chi connectivity index (χ0) is 12.1. The topological polar surface area (TPSA) is 34.2 Å². The molecule has 0 saturated heterocycles. The van der Waals surface area contributed by atoms with Crippen molar-refractivity contribution in [1.29, 1.82) is 0 Å². The largest absolute Gasteiger partial charge is 0.481 e. The Balaban J connectivity index is 2.39. The number of hydrogen-bond donors (Lipinski definition) is 1. The second-order valence-electron chi connectivity index (χ2n) is 3.65. The smallest absolute Gasteiger partial charge is 0.218 e. The Bertz CT molecular complexity index is 456. The molecule has 2 rings (SSSR count). The molecule has 0 aliphatic rings. The monoisotopic (exact) mass is 248 g/mol. The first-order valence-corrected chi connectivity index (χ1v) is 6.55. The van der Waals surface area contributed by atoms with Crippen LogP contribution in [-0.2, 0) is 0 Å². The lowest BCUT2D eigenvalue weighted by Crippen LogP contribution is -2.22. The normalized spacial score (nSPS) is 12.4. The van der Waals surface area contributed by atoms with E-state index in [0.717, 1.165) is 12.1 Å². The second-order valence-corrected chi connectivity index (χ2v) is 4.43. The average Bonchev–Trinajstić information content (AvgIpc) is 2.89. The first-order valence-electron chi connectivity index (χ1n) is 5.61. The zero-order valence-electron chi connectivity index (χ0n) is 10.0. The van der Waals surface area contributed by atoms with Crippen molar-refractivity contribution in [3.63, 3.8) is 0 Å². The summed E-state index contributed by atoms with van der Waals surface area (Å²) in [5.74, 6) is 0.685. The predicted octanol–water partition coefficient (Wildman–Crippen LogP) is 2.85. The fourth-order valence-electron chi connectivity index (χ4n) is 1.84. The molecule has 1 unspecified atom stereocenters. The van der Waals surface area contributed by atoms with E-state index in [2.05, 4.69) is 40.1 Å². The van der Waals surface area contributed by atoms with Crippen molar-refractivity contribution < 1.29 is 4.74 Å². The third-order valence-electron chi connectivity index (χ3n) is 2.59. The van der Waals surface area contributed by atoms with Crippen molar-refractivity contribution in [1.82, 2.24) is 10.3 Å². The molecular weight excluding hydrogens is 232 g/mol. The maximum atomic E-state index is 5.32. The van der Waals surface area contributed by atoms with Crippen molar-refractivity contribution in [2.24, 2.45) is 0 Å². The molecule has 2 aromatic heterocycles. The van der Waals surface area contributed by atoms with Gasteiger partial charge in [-0.15, -0.1) is 0 Å². The van der Waals surface area contributed by atoms with Gasteiger partial charge in [0.15, 0.2) is 0 Å². The van der Waals surface area contributed by atoms with Crippen LogP contribution in [0.3, 0.4) is 0 Å². The molecule has 0 fully saturated rings. The van der Waals surface area contributed by atoms with E-state index in [1.165, 1.54) is 5.56 Å². The fourth-order valence-corrected chi connectivity index (χ4v) is 2.53. The highest BCUT2D eigenvalue weighted by molar-refractivity contribution is 7.08.